The maximum absolute atomic E-state index is 14.0. The average Bonchev–Trinajstić information content (AvgIpc) is 3.49. The number of para-hydroxylation sites is 2. The molecule has 1 saturated heterocycles. The fraction of sp³-hybridized carbons (Fsp3) is 0.100. The summed E-state index contributed by atoms with van der Waals surface area (Å²) in [4.78, 5) is 57.0. The molecule has 3 heterocycles. The van der Waals surface area contributed by atoms with E-state index in [1.54, 1.807) is 79.3 Å². The Morgan fingerprint density at radius 2 is 1.67 bits per heavy atom. The standard InChI is InChI=1S/C30H22ClN5O4S2/c1-17-25(28(39)36(33(17)2)20-11-4-3-5-12-20)35-29(40)26(42-30(35)41)24-21-13-6-7-14-22(21)34(27(24)38)16-23(37)32-19-10-8-9-18(31)15-19/h3-15H,16H2,1-2H3,(H,32,37)/b26-24-. The molecule has 210 valence electrons. The summed E-state index contributed by atoms with van der Waals surface area (Å²) < 4.78 is 3.26. The number of nitrogens with one attached hydrogen (secondary N) is 1. The largest absolute Gasteiger partial charge is 0.324 e. The topological polar surface area (TPSA) is 96.7 Å². The Morgan fingerprint density at radius 3 is 2.40 bits per heavy atom. The Hall–Kier alpha value is -4.45. The number of rotatable bonds is 5. The third-order valence-electron chi connectivity index (χ3n) is 7.08. The van der Waals surface area contributed by atoms with Gasteiger partial charge in [0, 0.05) is 23.3 Å². The Bertz CT molecular complexity index is 1910. The van der Waals surface area contributed by atoms with Crippen LogP contribution in [0.5, 0.6) is 0 Å². The zero-order valence-corrected chi connectivity index (χ0v) is 24.7. The van der Waals surface area contributed by atoms with Gasteiger partial charge >= 0.3 is 0 Å². The molecule has 0 aliphatic carbocycles. The average molecular weight is 616 g/mol. The zero-order valence-electron chi connectivity index (χ0n) is 22.3. The Kier molecular flexibility index (Phi) is 7.09. The lowest BCUT2D eigenvalue weighted by Crippen LogP contribution is -2.36. The highest BCUT2D eigenvalue weighted by molar-refractivity contribution is 8.27. The van der Waals surface area contributed by atoms with Crippen molar-refractivity contribution in [2.45, 2.75) is 6.92 Å². The molecule has 0 unspecified atom stereocenters. The molecule has 4 aromatic rings. The number of carbonyl (C=O) groups excluding carboxylic acids is 3. The molecule has 0 bridgehead atoms. The molecule has 3 aromatic carbocycles. The van der Waals surface area contributed by atoms with Gasteiger partial charge in [0.05, 0.1) is 27.5 Å². The third-order valence-corrected chi connectivity index (χ3v) is 8.68. The molecular formula is C30H22ClN5O4S2. The van der Waals surface area contributed by atoms with Gasteiger partial charge in [-0.15, -0.1) is 0 Å². The number of fused-ring (bicyclic) bond motifs is 1. The molecular weight excluding hydrogens is 594 g/mol. The number of thioether (sulfide) groups is 1. The lowest BCUT2D eigenvalue weighted by atomic mass is 10.1. The highest BCUT2D eigenvalue weighted by atomic mass is 35.5. The second kappa shape index (κ2) is 10.8. The van der Waals surface area contributed by atoms with Crippen LogP contribution >= 0.6 is 35.6 Å². The van der Waals surface area contributed by atoms with Crippen molar-refractivity contribution in [1.29, 1.82) is 0 Å². The summed E-state index contributed by atoms with van der Waals surface area (Å²) in [7, 11) is 1.73. The predicted molar refractivity (Wildman–Crippen MR) is 169 cm³/mol. The summed E-state index contributed by atoms with van der Waals surface area (Å²) in [5, 5.41) is 3.21. The van der Waals surface area contributed by atoms with Gasteiger partial charge in [-0.1, -0.05) is 78.0 Å². The molecule has 2 aliphatic heterocycles. The molecule has 0 spiro atoms. The number of halogens is 1. The molecule has 9 nitrogen and oxygen atoms in total. The third kappa shape index (κ3) is 4.55. The van der Waals surface area contributed by atoms with E-state index in [1.807, 2.05) is 18.2 Å². The van der Waals surface area contributed by atoms with Crippen molar-refractivity contribution < 1.29 is 14.4 Å². The number of thiocarbonyl (C=S) groups is 1. The maximum atomic E-state index is 14.0. The number of benzene rings is 3. The van der Waals surface area contributed by atoms with Crippen LogP contribution in [0.3, 0.4) is 0 Å². The SMILES string of the molecule is Cc1c(N2C(=O)/C(=C3/C(=O)N(CC(=O)Nc4cccc(Cl)c4)c4ccccc43)SC2=S)c(=O)n(-c2ccccc2)n1C. The number of nitrogens with zero attached hydrogens (tertiary/aromatic N) is 4. The number of hydrogen-bond donors (Lipinski definition) is 1. The Morgan fingerprint density at radius 1 is 0.952 bits per heavy atom. The van der Waals surface area contributed by atoms with E-state index in [0.717, 1.165) is 11.8 Å². The minimum atomic E-state index is -0.570. The first-order chi connectivity index (χ1) is 20.2. The van der Waals surface area contributed by atoms with Crippen LogP contribution in [0, 0.1) is 6.92 Å². The quantitative estimate of drug-likeness (QED) is 0.253. The lowest BCUT2D eigenvalue weighted by Gasteiger charge is -2.17. The molecule has 3 amide bonds. The van der Waals surface area contributed by atoms with E-state index in [9.17, 15) is 19.2 Å². The number of hydrogen-bond acceptors (Lipinski definition) is 6. The number of carbonyl (C=O) groups is 3. The minimum Gasteiger partial charge on any atom is -0.324 e. The number of anilines is 3. The molecule has 6 rings (SSSR count). The number of aromatic nitrogens is 2. The maximum Gasteiger partial charge on any atom is 0.296 e. The Labute approximate surface area is 255 Å². The van der Waals surface area contributed by atoms with Crippen molar-refractivity contribution in [2.24, 2.45) is 7.05 Å². The summed E-state index contributed by atoms with van der Waals surface area (Å²) in [6.45, 7) is 1.45. The second-order valence-corrected chi connectivity index (χ2v) is 11.7. The van der Waals surface area contributed by atoms with E-state index in [1.165, 1.54) is 14.5 Å². The van der Waals surface area contributed by atoms with E-state index in [-0.39, 0.29) is 27.0 Å². The zero-order chi connectivity index (χ0) is 29.7. The fourth-order valence-electron chi connectivity index (χ4n) is 5.09. The van der Waals surface area contributed by atoms with Crippen LogP contribution in [0.25, 0.3) is 11.3 Å². The van der Waals surface area contributed by atoms with E-state index in [2.05, 4.69) is 5.32 Å². The van der Waals surface area contributed by atoms with E-state index in [0.29, 0.717) is 33.3 Å². The van der Waals surface area contributed by atoms with Crippen molar-refractivity contribution in [2.75, 3.05) is 21.7 Å². The highest BCUT2D eigenvalue weighted by Crippen LogP contribution is 2.45. The predicted octanol–water partition coefficient (Wildman–Crippen LogP) is 4.90. The first-order valence-electron chi connectivity index (χ1n) is 12.8. The van der Waals surface area contributed by atoms with Gasteiger partial charge in [-0.25, -0.2) is 4.68 Å². The monoisotopic (exact) mass is 615 g/mol. The van der Waals surface area contributed by atoms with Gasteiger partial charge in [-0.05, 0) is 43.3 Å². The second-order valence-electron chi connectivity index (χ2n) is 9.59. The van der Waals surface area contributed by atoms with Crippen LogP contribution in [-0.2, 0) is 21.4 Å². The van der Waals surface area contributed by atoms with Crippen LogP contribution < -0.4 is 20.7 Å². The van der Waals surface area contributed by atoms with Gasteiger partial charge in [0.1, 0.15) is 12.2 Å². The van der Waals surface area contributed by atoms with Gasteiger partial charge in [0.25, 0.3) is 17.4 Å². The molecule has 12 heteroatoms. The van der Waals surface area contributed by atoms with Gasteiger partial charge < -0.3 is 5.32 Å². The fourth-order valence-corrected chi connectivity index (χ4v) is 6.62. The van der Waals surface area contributed by atoms with Crippen LogP contribution in [0.1, 0.15) is 11.3 Å². The smallest absolute Gasteiger partial charge is 0.296 e. The van der Waals surface area contributed by atoms with E-state index in [4.69, 9.17) is 23.8 Å². The lowest BCUT2D eigenvalue weighted by molar-refractivity contribution is -0.118. The molecule has 1 fully saturated rings. The molecule has 0 atom stereocenters. The molecule has 1 aromatic heterocycles. The van der Waals surface area contributed by atoms with E-state index < -0.39 is 23.3 Å². The van der Waals surface area contributed by atoms with Crippen molar-refractivity contribution in [3.8, 4) is 5.69 Å². The van der Waals surface area contributed by atoms with E-state index >= 15 is 0 Å². The Balaban J connectivity index is 1.37. The van der Waals surface area contributed by atoms with Crippen LogP contribution in [0.2, 0.25) is 5.02 Å². The summed E-state index contributed by atoms with van der Waals surface area (Å²) >= 11 is 12.6. The first kappa shape index (κ1) is 27.7. The molecule has 42 heavy (non-hydrogen) atoms. The highest BCUT2D eigenvalue weighted by Gasteiger charge is 2.44. The minimum absolute atomic E-state index is 0.101. The molecule has 1 N–H and O–H groups in total. The van der Waals surface area contributed by atoms with Crippen LogP contribution in [0.4, 0.5) is 17.1 Å². The normalized spacial score (nSPS) is 16.4. The van der Waals surface area contributed by atoms with Gasteiger partial charge in [0.2, 0.25) is 5.91 Å². The summed E-state index contributed by atoms with van der Waals surface area (Å²) in [6, 6.07) is 22.7. The van der Waals surface area contributed by atoms with Crippen molar-refractivity contribution in [3.63, 3.8) is 0 Å². The molecule has 2 aliphatic rings. The number of amides is 3. The molecule has 0 radical (unpaired) electrons. The van der Waals surface area contributed by atoms with Crippen molar-refractivity contribution in [3.05, 3.63) is 110 Å². The summed E-state index contributed by atoms with van der Waals surface area (Å²) in [5.74, 6) is -1.51. The van der Waals surface area contributed by atoms with Gasteiger partial charge in [0.15, 0.2) is 4.32 Å². The van der Waals surface area contributed by atoms with Gasteiger partial charge in [-0.3, -0.25) is 33.7 Å². The molecule has 0 saturated carbocycles. The first-order valence-corrected chi connectivity index (χ1v) is 14.4. The van der Waals surface area contributed by atoms with Gasteiger partial charge in [-0.2, -0.15) is 0 Å². The van der Waals surface area contributed by atoms with Crippen molar-refractivity contribution >= 4 is 80.3 Å². The summed E-state index contributed by atoms with van der Waals surface area (Å²) in [6.07, 6.45) is 0. The van der Waals surface area contributed by atoms with Crippen LogP contribution in [-0.4, -0.2) is 38.0 Å². The summed E-state index contributed by atoms with van der Waals surface area (Å²) in [5.41, 5.74) is 2.50. The van der Waals surface area contributed by atoms with Crippen LogP contribution in [0.15, 0.2) is 88.6 Å². The van der Waals surface area contributed by atoms with Crippen molar-refractivity contribution in [1.82, 2.24) is 9.36 Å².